The van der Waals surface area contributed by atoms with Gasteiger partial charge in [0.15, 0.2) is 0 Å². The highest BCUT2D eigenvalue weighted by atomic mass is 35.5. The van der Waals surface area contributed by atoms with Gasteiger partial charge in [0.1, 0.15) is 6.04 Å². The van der Waals surface area contributed by atoms with Crippen molar-refractivity contribution in [3.8, 4) is 0 Å². The first-order valence-corrected chi connectivity index (χ1v) is 8.68. The van der Waals surface area contributed by atoms with Crippen LogP contribution in [0.4, 0.5) is 0 Å². The van der Waals surface area contributed by atoms with Crippen LogP contribution >= 0.6 is 24.8 Å². The number of carbonyl (C=O) groups excluding carboxylic acids is 1. The lowest BCUT2D eigenvalue weighted by molar-refractivity contribution is -0.141. The average Bonchev–Trinajstić information content (AvgIpc) is 2.56. The number of morpholine rings is 1. The molecule has 0 spiro atoms. The average molecular weight is 384 g/mol. The van der Waals surface area contributed by atoms with E-state index < -0.39 is 0 Å². The van der Waals surface area contributed by atoms with Crippen molar-refractivity contribution < 1.29 is 14.3 Å². The van der Waals surface area contributed by atoms with Gasteiger partial charge in [0.2, 0.25) is 5.91 Å². The van der Waals surface area contributed by atoms with Crippen LogP contribution in [0.15, 0.2) is 0 Å². The van der Waals surface area contributed by atoms with E-state index in [9.17, 15) is 4.79 Å². The summed E-state index contributed by atoms with van der Waals surface area (Å²) in [7, 11) is 0. The van der Waals surface area contributed by atoms with Crippen molar-refractivity contribution in [3.63, 3.8) is 0 Å². The normalized spacial score (nSPS) is 29.5. The number of amides is 1. The van der Waals surface area contributed by atoms with Crippen LogP contribution in [0.2, 0.25) is 0 Å². The molecule has 8 heteroatoms. The SMILES string of the molecule is C[C@H]1OCCN[C@@H]1C(=O)N1CCN(CC2CCOCC2)CC1.Cl.Cl. The molecule has 24 heavy (non-hydrogen) atoms. The monoisotopic (exact) mass is 383 g/mol. The van der Waals surface area contributed by atoms with Crippen molar-refractivity contribution in [1.29, 1.82) is 0 Å². The molecule has 0 saturated carbocycles. The predicted molar refractivity (Wildman–Crippen MR) is 98.3 cm³/mol. The smallest absolute Gasteiger partial charge is 0.242 e. The fraction of sp³-hybridized carbons (Fsp3) is 0.938. The first-order valence-electron chi connectivity index (χ1n) is 8.68. The largest absolute Gasteiger partial charge is 0.381 e. The van der Waals surface area contributed by atoms with E-state index >= 15 is 0 Å². The highest BCUT2D eigenvalue weighted by Crippen LogP contribution is 2.17. The molecule has 0 radical (unpaired) electrons. The molecule has 3 rings (SSSR count). The topological polar surface area (TPSA) is 54.0 Å². The Hall–Kier alpha value is -0.110. The molecule has 0 aliphatic carbocycles. The number of halogens is 2. The van der Waals surface area contributed by atoms with E-state index in [-0.39, 0.29) is 42.9 Å². The first-order chi connectivity index (χ1) is 10.7. The molecule has 3 aliphatic heterocycles. The minimum atomic E-state index is -0.171. The highest BCUT2D eigenvalue weighted by Gasteiger charge is 2.33. The van der Waals surface area contributed by atoms with Gasteiger partial charge in [-0.2, -0.15) is 0 Å². The highest BCUT2D eigenvalue weighted by molar-refractivity contribution is 5.85. The number of nitrogens with one attached hydrogen (secondary N) is 1. The summed E-state index contributed by atoms with van der Waals surface area (Å²) < 4.78 is 11.0. The van der Waals surface area contributed by atoms with Gasteiger partial charge in [0.25, 0.3) is 0 Å². The molecule has 6 nitrogen and oxygen atoms in total. The van der Waals surface area contributed by atoms with Crippen LogP contribution in [-0.2, 0) is 14.3 Å². The van der Waals surface area contributed by atoms with Gasteiger partial charge in [-0.05, 0) is 25.7 Å². The van der Waals surface area contributed by atoms with Gasteiger partial charge >= 0.3 is 0 Å². The van der Waals surface area contributed by atoms with Gasteiger partial charge in [-0.25, -0.2) is 0 Å². The lowest BCUT2D eigenvalue weighted by atomic mass is 9.99. The fourth-order valence-electron chi connectivity index (χ4n) is 3.65. The molecular formula is C16H31Cl2N3O3. The summed E-state index contributed by atoms with van der Waals surface area (Å²) in [6, 6.07) is -0.171. The summed E-state index contributed by atoms with van der Waals surface area (Å²) in [4.78, 5) is 17.1. The molecule has 3 aliphatic rings. The lowest BCUT2D eigenvalue weighted by Gasteiger charge is -2.40. The van der Waals surface area contributed by atoms with E-state index in [0.29, 0.717) is 6.61 Å². The Bertz CT molecular complexity index is 376. The molecule has 0 aromatic rings. The second-order valence-electron chi connectivity index (χ2n) is 6.69. The number of rotatable bonds is 3. The minimum absolute atomic E-state index is 0. The third kappa shape index (κ3) is 5.71. The first kappa shape index (κ1) is 21.9. The van der Waals surface area contributed by atoms with E-state index in [2.05, 4.69) is 10.2 Å². The summed E-state index contributed by atoms with van der Waals surface area (Å²) >= 11 is 0. The van der Waals surface area contributed by atoms with Crippen LogP contribution in [0.1, 0.15) is 19.8 Å². The number of ether oxygens (including phenoxy) is 2. The Morgan fingerprint density at radius 1 is 1.08 bits per heavy atom. The van der Waals surface area contributed by atoms with Gasteiger partial charge in [0, 0.05) is 52.5 Å². The second kappa shape index (κ2) is 10.8. The van der Waals surface area contributed by atoms with Gasteiger partial charge in [0.05, 0.1) is 12.7 Å². The van der Waals surface area contributed by atoms with Crippen molar-refractivity contribution in [3.05, 3.63) is 0 Å². The zero-order valence-corrected chi connectivity index (χ0v) is 16.1. The molecule has 0 aromatic heterocycles. The van der Waals surface area contributed by atoms with Crippen LogP contribution in [-0.4, -0.2) is 86.9 Å². The van der Waals surface area contributed by atoms with Crippen molar-refractivity contribution in [1.82, 2.24) is 15.1 Å². The molecule has 1 N–H and O–H groups in total. The maximum Gasteiger partial charge on any atom is 0.242 e. The Morgan fingerprint density at radius 3 is 2.38 bits per heavy atom. The maximum atomic E-state index is 12.6. The van der Waals surface area contributed by atoms with Gasteiger partial charge < -0.3 is 19.7 Å². The Balaban J connectivity index is 0.00000144. The van der Waals surface area contributed by atoms with Crippen molar-refractivity contribution in [2.75, 3.05) is 59.1 Å². The Kier molecular flexibility index (Phi) is 9.86. The van der Waals surface area contributed by atoms with Crippen LogP contribution in [0, 0.1) is 5.92 Å². The van der Waals surface area contributed by atoms with E-state index in [1.807, 2.05) is 11.8 Å². The van der Waals surface area contributed by atoms with Crippen molar-refractivity contribution in [2.45, 2.75) is 31.9 Å². The summed E-state index contributed by atoms with van der Waals surface area (Å²) in [5, 5.41) is 3.30. The number of piperazine rings is 1. The molecular weight excluding hydrogens is 353 g/mol. The van der Waals surface area contributed by atoms with E-state index in [1.165, 1.54) is 12.8 Å². The van der Waals surface area contributed by atoms with Crippen molar-refractivity contribution in [2.24, 2.45) is 5.92 Å². The standard InChI is InChI=1S/C16H29N3O3.2ClH/c1-13-15(17-4-11-22-13)16(20)19-7-5-18(6-8-19)12-14-2-9-21-10-3-14;;/h13-15,17H,2-12H2,1H3;2*1H/t13-,15+;;/m1../s1. The number of hydrogen-bond donors (Lipinski definition) is 1. The van der Waals surface area contributed by atoms with Crippen LogP contribution in [0.25, 0.3) is 0 Å². The molecule has 3 saturated heterocycles. The number of hydrogen-bond acceptors (Lipinski definition) is 5. The molecule has 3 fully saturated rings. The van der Waals surface area contributed by atoms with Crippen LogP contribution in [0.5, 0.6) is 0 Å². The van der Waals surface area contributed by atoms with Gasteiger partial charge in [-0.1, -0.05) is 0 Å². The third-order valence-electron chi connectivity index (χ3n) is 5.12. The second-order valence-corrected chi connectivity index (χ2v) is 6.69. The van der Waals surface area contributed by atoms with E-state index in [0.717, 1.165) is 58.4 Å². The Morgan fingerprint density at radius 2 is 1.75 bits per heavy atom. The molecule has 3 heterocycles. The quantitative estimate of drug-likeness (QED) is 0.780. The van der Waals surface area contributed by atoms with Crippen molar-refractivity contribution >= 4 is 30.7 Å². The molecule has 142 valence electrons. The predicted octanol–water partition coefficient (Wildman–Crippen LogP) is 0.778. The lowest BCUT2D eigenvalue weighted by Crippen LogP contribution is -2.59. The minimum Gasteiger partial charge on any atom is -0.381 e. The molecule has 0 bridgehead atoms. The summed E-state index contributed by atoms with van der Waals surface area (Å²) in [5.74, 6) is 0.974. The molecule has 1 amide bonds. The van der Waals surface area contributed by atoms with E-state index in [4.69, 9.17) is 9.47 Å². The molecule has 0 unspecified atom stereocenters. The summed E-state index contributed by atoms with van der Waals surface area (Å²) in [6.45, 7) is 10.1. The van der Waals surface area contributed by atoms with Crippen LogP contribution < -0.4 is 5.32 Å². The molecule has 2 atom stereocenters. The molecule has 0 aromatic carbocycles. The third-order valence-corrected chi connectivity index (χ3v) is 5.12. The Labute approximate surface area is 157 Å². The number of nitrogens with zero attached hydrogens (tertiary/aromatic N) is 2. The summed E-state index contributed by atoms with van der Waals surface area (Å²) in [5.41, 5.74) is 0. The van der Waals surface area contributed by atoms with Gasteiger partial charge in [-0.3, -0.25) is 9.69 Å². The number of carbonyl (C=O) groups is 1. The fourth-order valence-corrected chi connectivity index (χ4v) is 3.65. The van der Waals surface area contributed by atoms with E-state index in [1.54, 1.807) is 0 Å². The summed E-state index contributed by atoms with van der Waals surface area (Å²) in [6.07, 6.45) is 2.33. The van der Waals surface area contributed by atoms with Gasteiger partial charge in [-0.15, -0.1) is 24.8 Å². The maximum absolute atomic E-state index is 12.6. The van der Waals surface area contributed by atoms with Crippen LogP contribution in [0.3, 0.4) is 0 Å². The zero-order chi connectivity index (χ0) is 15.4. The zero-order valence-electron chi connectivity index (χ0n) is 14.4.